The Labute approximate surface area is 229 Å². The van der Waals surface area contributed by atoms with Gasteiger partial charge in [-0.05, 0) is 49.2 Å². The Morgan fingerprint density at radius 2 is 1.69 bits per heavy atom. The highest BCUT2D eigenvalue weighted by molar-refractivity contribution is 6.30. The van der Waals surface area contributed by atoms with Gasteiger partial charge in [-0.3, -0.25) is 24.5 Å². The highest BCUT2D eigenvalue weighted by Gasteiger charge is 2.54. The van der Waals surface area contributed by atoms with Crippen molar-refractivity contribution in [3.63, 3.8) is 0 Å². The molecule has 0 radical (unpaired) electrons. The number of non-ortho nitro benzene ring substituents is 1. The lowest BCUT2D eigenvalue weighted by Crippen LogP contribution is -2.57. The van der Waals surface area contributed by atoms with Crippen LogP contribution in [0.3, 0.4) is 0 Å². The number of nitro groups is 1. The summed E-state index contributed by atoms with van der Waals surface area (Å²) in [6.45, 7) is 0.676. The predicted octanol–water partition coefficient (Wildman–Crippen LogP) is 4.17. The predicted molar refractivity (Wildman–Crippen MR) is 147 cm³/mol. The van der Waals surface area contributed by atoms with Gasteiger partial charge in [-0.25, -0.2) is 0 Å². The first kappa shape index (κ1) is 26.2. The third-order valence-corrected chi connectivity index (χ3v) is 7.44. The van der Waals surface area contributed by atoms with Crippen LogP contribution in [-0.2, 0) is 9.59 Å². The molecule has 39 heavy (non-hydrogen) atoms. The van der Waals surface area contributed by atoms with Crippen LogP contribution >= 0.6 is 11.6 Å². The van der Waals surface area contributed by atoms with Gasteiger partial charge in [0.2, 0.25) is 5.91 Å². The van der Waals surface area contributed by atoms with Gasteiger partial charge in [0.15, 0.2) is 0 Å². The fourth-order valence-corrected chi connectivity index (χ4v) is 5.47. The Morgan fingerprint density at radius 1 is 0.974 bits per heavy atom. The molecular weight excluding hydrogens is 522 g/mol. The van der Waals surface area contributed by atoms with E-state index in [0.717, 1.165) is 5.69 Å². The lowest BCUT2D eigenvalue weighted by molar-refractivity contribution is -0.384. The molecule has 3 aromatic rings. The fraction of sp³-hybridized carbons (Fsp3) is 0.250. The summed E-state index contributed by atoms with van der Waals surface area (Å²) in [5.74, 6) is -0.827. The van der Waals surface area contributed by atoms with Gasteiger partial charge in [-0.1, -0.05) is 41.9 Å². The van der Waals surface area contributed by atoms with Gasteiger partial charge in [-0.15, -0.1) is 0 Å². The van der Waals surface area contributed by atoms with E-state index in [-0.39, 0.29) is 42.2 Å². The highest BCUT2D eigenvalue weighted by atomic mass is 35.5. The second-order valence-electron chi connectivity index (χ2n) is 9.60. The monoisotopic (exact) mass is 547 g/mol. The third-order valence-electron chi connectivity index (χ3n) is 7.21. The van der Waals surface area contributed by atoms with E-state index in [1.54, 1.807) is 35.2 Å². The molecule has 2 heterocycles. The van der Waals surface area contributed by atoms with Crippen molar-refractivity contribution in [1.82, 2.24) is 9.80 Å². The summed E-state index contributed by atoms with van der Waals surface area (Å²) in [6.07, 6.45) is 0.710. The number of amides is 3. The van der Waals surface area contributed by atoms with E-state index in [0.29, 0.717) is 36.6 Å². The number of carbonyl (C=O) groups is 3. The molecule has 0 aromatic heterocycles. The van der Waals surface area contributed by atoms with E-state index < -0.39 is 10.5 Å². The van der Waals surface area contributed by atoms with E-state index in [1.807, 2.05) is 35.2 Å². The number of nitro benzene ring substituents is 1. The van der Waals surface area contributed by atoms with Crippen LogP contribution < -0.4 is 10.2 Å². The molecule has 2 saturated heterocycles. The van der Waals surface area contributed by atoms with Gasteiger partial charge in [0, 0.05) is 47.2 Å². The number of nitrogens with one attached hydrogen (secondary N) is 1. The average Bonchev–Trinajstić information content (AvgIpc) is 3.19. The lowest BCUT2D eigenvalue weighted by Gasteiger charge is -2.43. The molecule has 10 nitrogen and oxygen atoms in total. The minimum Gasteiger partial charge on any atom is -0.339 e. The Morgan fingerprint density at radius 3 is 2.38 bits per heavy atom. The quantitative estimate of drug-likeness (QED) is 0.366. The molecule has 2 aliphatic heterocycles. The number of carbonyl (C=O) groups excluding carboxylic acids is 3. The minimum atomic E-state index is -0.919. The minimum absolute atomic E-state index is 0.132. The van der Waals surface area contributed by atoms with Crippen molar-refractivity contribution >= 4 is 46.4 Å². The zero-order chi connectivity index (χ0) is 27.6. The Kier molecular flexibility index (Phi) is 7.21. The number of anilines is 2. The van der Waals surface area contributed by atoms with Crippen LogP contribution in [0.1, 0.15) is 23.2 Å². The molecule has 5 rings (SSSR count). The maximum Gasteiger partial charge on any atom is 0.270 e. The molecule has 0 unspecified atom stereocenters. The number of benzene rings is 3. The van der Waals surface area contributed by atoms with Crippen molar-refractivity contribution in [2.24, 2.45) is 0 Å². The molecule has 1 spiro atoms. The molecule has 3 aromatic carbocycles. The number of nitrogens with zero attached hydrogens (tertiary/aromatic N) is 4. The molecule has 200 valence electrons. The normalized spacial score (nSPS) is 16.4. The van der Waals surface area contributed by atoms with Gasteiger partial charge in [0.05, 0.1) is 11.6 Å². The largest absolute Gasteiger partial charge is 0.339 e. The first-order valence-corrected chi connectivity index (χ1v) is 12.9. The van der Waals surface area contributed by atoms with Crippen molar-refractivity contribution < 1.29 is 19.3 Å². The lowest BCUT2D eigenvalue weighted by atomic mass is 9.85. The van der Waals surface area contributed by atoms with Crippen molar-refractivity contribution in [3.8, 4) is 0 Å². The summed E-state index contributed by atoms with van der Waals surface area (Å²) < 4.78 is 0. The topological polar surface area (TPSA) is 116 Å². The number of halogens is 1. The zero-order valence-electron chi connectivity index (χ0n) is 21.0. The molecule has 2 fully saturated rings. The van der Waals surface area contributed by atoms with Gasteiger partial charge in [0.25, 0.3) is 17.5 Å². The molecule has 3 amide bonds. The van der Waals surface area contributed by atoms with Crippen LogP contribution in [0.2, 0.25) is 5.02 Å². The summed E-state index contributed by atoms with van der Waals surface area (Å²) in [7, 11) is 0. The van der Waals surface area contributed by atoms with E-state index >= 15 is 0 Å². The first-order valence-electron chi connectivity index (χ1n) is 12.5. The SMILES string of the molecule is O=C(CN1CN(c2ccccc2)C2(CCN(C(=O)c3cccc([N+](=O)[O-])c3)CC2)C1=O)Nc1cccc(Cl)c1. The van der Waals surface area contributed by atoms with Crippen LogP contribution in [-0.4, -0.2) is 64.3 Å². The zero-order valence-corrected chi connectivity index (χ0v) is 21.7. The first-order chi connectivity index (χ1) is 18.8. The fourth-order valence-electron chi connectivity index (χ4n) is 5.28. The number of likely N-dealkylation sites (tertiary alicyclic amines) is 1. The van der Waals surface area contributed by atoms with Crippen molar-refractivity contribution in [1.29, 1.82) is 0 Å². The van der Waals surface area contributed by atoms with E-state index in [1.165, 1.54) is 23.1 Å². The van der Waals surface area contributed by atoms with E-state index in [4.69, 9.17) is 11.6 Å². The molecule has 0 atom stereocenters. The summed E-state index contributed by atoms with van der Waals surface area (Å²) in [5, 5.41) is 14.4. The average molecular weight is 548 g/mol. The van der Waals surface area contributed by atoms with Gasteiger partial charge < -0.3 is 20.0 Å². The molecule has 0 aliphatic carbocycles. The van der Waals surface area contributed by atoms with Crippen LogP contribution in [0, 0.1) is 10.1 Å². The Bertz CT molecular complexity index is 1420. The highest BCUT2D eigenvalue weighted by Crippen LogP contribution is 2.39. The number of hydrogen-bond acceptors (Lipinski definition) is 6. The van der Waals surface area contributed by atoms with Gasteiger partial charge in [-0.2, -0.15) is 0 Å². The Balaban J connectivity index is 1.34. The maximum absolute atomic E-state index is 13.9. The van der Waals surface area contributed by atoms with Crippen molar-refractivity contribution in [3.05, 3.63) is 99.6 Å². The summed E-state index contributed by atoms with van der Waals surface area (Å²) >= 11 is 6.02. The van der Waals surface area contributed by atoms with E-state index in [9.17, 15) is 24.5 Å². The Hall–Kier alpha value is -4.44. The smallest absolute Gasteiger partial charge is 0.270 e. The summed E-state index contributed by atoms with van der Waals surface area (Å²) in [6, 6.07) is 22.0. The maximum atomic E-state index is 13.9. The molecule has 0 saturated carbocycles. The summed E-state index contributed by atoms with van der Waals surface area (Å²) in [5.41, 5.74) is 0.556. The molecule has 2 aliphatic rings. The van der Waals surface area contributed by atoms with Gasteiger partial charge >= 0.3 is 0 Å². The van der Waals surface area contributed by atoms with Crippen LogP contribution in [0.5, 0.6) is 0 Å². The summed E-state index contributed by atoms with van der Waals surface area (Å²) in [4.78, 5) is 55.7. The van der Waals surface area contributed by atoms with E-state index in [2.05, 4.69) is 5.32 Å². The van der Waals surface area contributed by atoms with Crippen molar-refractivity contribution in [2.45, 2.75) is 18.4 Å². The standard InChI is InChI=1S/C28H26ClN5O5/c29-21-7-5-8-22(17-21)30-25(35)18-32-19-33(23-9-2-1-3-10-23)28(27(32)37)12-14-31(15-13-28)26(36)20-6-4-11-24(16-20)34(38)39/h1-11,16-17H,12-15,18-19H2,(H,30,35). The second-order valence-corrected chi connectivity index (χ2v) is 10.0. The number of piperidine rings is 1. The molecular formula is C28H26ClN5O5. The number of hydrogen-bond donors (Lipinski definition) is 1. The number of rotatable bonds is 6. The van der Waals surface area contributed by atoms with Crippen LogP contribution in [0.4, 0.5) is 17.1 Å². The number of para-hydroxylation sites is 1. The molecule has 0 bridgehead atoms. The second kappa shape index (κ2) is 10.7. The molecule has 11 heteroatoms. The third kappa shape index (κ3) is 5.28. The molecule has 1 N–H and O–H groups in total. The van der Waals surface area contributed by atoms with Crippen LogP contribution in [0.25, 0.3) is 0 Å². The van der Waals surface area contributed by atoms with Crippen LogP contribution in [0.15, 0.2) is 78.9 Å². The van der Waals surface area contributed by atoms with Gasteiger partial charge in [0.1, 0.15) is 12.1 Å². The van der Waals surface area contributed by atoms with Crippen molar-refractivity contribution in [2.75, 3.05) is 36.5 Å².